The predicted molar refractivity (Wildman–Crippen MR) is 118 cm³/mol. The molecule has 1 aliphatic heterocycles. The summed E-state index contributed by atoms with van der Waals surface area (Å²) in [5.41, 5.74) is 1.15. The molecule has 0 aliphatic carbocycles. The molecule has 3 aromatic rings. The maximum absolute atomic E-state index is 13.4. The maximum atomic E-state index is 13.4. The van der Waals surface area contributed by atoms with Crippen LogP contribution in [0, 0.1) is 12.7 Å². The molecule has 2 aromatic carbocycles. The second-order valence-corrected chi connectivity index (χ2v) is 7.70. The van der Waals surface area contributed by atoms with Gasteiger partial charge in [-0.05, 0) is 42.3 Å². The number of carbonyl (C=O) groups is 2. The summed E-state index contributed by atoms with van der Waals surface area (Å²) in [6.07, 6.45) is 2.52. The highest BCUT2D eigenvalue weighted by molar-refractivity contribution is 6.06. The molecule has 4 rings (SSSR count). The van der Waals surface area contributed by atoms with E-state index < -0.39 is 28.9 Å². The summed E-state index contributed by atoms with van der Waals surface area (Å²) in [4.78, 5) is 52.4. The van der Waals surface area contributed by atoms with E-state index in [1.807, 2.05) is 0 Å². The van der Waals surface area contributed by atoms with Crippen LogP contribution in [0.2, 0.25) is 0 Å². The Hall–Kier alpha value is -4.34. The highest BCUT2D eigenvalue weighted by atomic mass is 19.1. The molecular formula is C23H20FN5O4. The van der Waals surface area contributed by atoms with Crippen LogP contribution in [0.3, 0.4) is 0 Å². The minimum Gasteiger partial charge on any atom is -0.322 e. The molecule has 0 bridgehead atoms. The summed E-state index contributed by atoms with van der Waals surface area (Å²) in [7, 11) is 1.57. The van der Waals surface area contributed by atoms with Crippen LogP contribution in [0.4, 0.5) is 10.1 Å². The third kappa shape index (κ3) is 4.49. The number of nitrogens with one attached hydrogen (secondary N) is 2. The fraction of sp³-hybridized carbons (Fsp3) is 0.174. The molecule has 2 amide bonds. The van der Waals surface area contributed by atoms with Gasteiger partial charge in [-0.2, -0.15) is 9.78 Å². The number of aromatic amines is 1. The van der Waals surface area contributed by atoms with Gasteiger partial charge in [-0.3, -0.25) is 19.4 Å². The van der Waals surface area contributed by atoms with Crippen LogP contribution in [0.15, 0.2) is 70.0 Å². The number of amides is 2. The molecule has 0 saturated heterocycles. The molecular weight excluding hydrogens is 429 g/mol. The predicted octanol–water partition coefficient (Wildman–Crippen LogP) is 1.84. The monoisotopic (exact) mass is 449 g/mol. The highest BCUT2D eigenvalue weighted by Crippen LogP contribution is 2.33. The van der Waals surface area contributed by atoms with E-state index in [0.717, 1.165) is 16.4 Å². The van der Waals surface area contributed by atoms with E-state index >= 15 is 0 Å². The Balaban J connectivity index is 1.68. The van der Waals surface area contributed by atoms with Gasteiger partial charge in [-0.1, -0.05) is 18.2 Å². The van der Waals surface area contributed by atoms with E-state index in [2.05, 4.69) is 15.4 Å². The van der Waals surface area contributed by atoms with Gasteiger partial charge in [0.25, 0.3) is 11.5 Å². The largest absolute Gasteiger partial charge is 0.349 e. The van der Waals surface area contributed by atoms with Gasteiger partial charge < -0.3 is 10.2 Å². The Labute approximate surface area is 187 Å². The molecule has 1 aliphatic rings. The van der Waals surface area contributed by atoms with Crippen LogP contribution >= 0.6 is 0 Å². The molecule has 2 N–H and O–H groups in total. The Bertz CT molecular complexity index is 1390. The van der Waals surface area contributed by atoms with Crippen LogP contribution in [0.25, 0.3) is 5.69 Å². The number of hydrogen-bond acceptors (Lipinski definition) is 5. The smallest absolute Gasteiger partial charge is 0.322 e. The molecule has 9 nitrogen and oxygen atoms in total. The van der Waals surface area contributed by atoms with Gasteiger partial charge in [0.1, 0.15) is 12.0 Å². The quantitative estimate of drug-likeness (QED) is 0.630. The number of aryl methyl sites for hydroxylation is 1. The van der Waals surface area contributed by atoms with Crippen molar-refractivity contribution in [3.63, 3.8) is 0 Å². The van der Waals surface area contributed by atoms with E-state index in [1.165, 1.54) is 23.2 Å². The number of halogens is 1. The van der Waals surface area contributed by atoms with Crippen molar-refractivity contribution in [2.45, 2.75) is 19.3 Å². The molecule has 0 fully saturated rings. The Morgan fingerprint density at radius 2 is 1.88 bits per heavy atom. The van der Waals surface area contributed by atoms with Gasteiger partial charge in [-0.15, -0.1) is 0 Å². The fourth-order valence-corrected chi connectivity index (χ4v) is 3.62. The standard InChI is InChI=1S/C23H20FN5O4/c1-13-3-8-16(29-23(33)27-20(30)11-25-29)9-19(13)26-22(32)18-12-28(2)21(31)10-17(18)14-4-6-15(24)7-5-14/h3-9,11-12,17H,10H2,1-2H3,(H,26,32)(H,27,30,33). The van der Waals surface area contributed by atoms with Gasteiger partial charge in [-0.25, -0.2) is 9.18 Å². The summed E-state index contributed by atoms with van der Waals surface area (Å²) < 4.78 is 14.4. The summed E-state index contributed by atoms with van der Waals surface area (Å²) in [6, 6.07) is 10.6. The van der Waals surface area contributed by atoms with Crippen LogP contribution in [0.5, 0.6) is 0 Å². The molecule has 1 unspecified atom stereocenters. The second-order valence-electron chi connectivity index (χ2n) is 7.70. The van der Waals surface area contributed by atoms with Crippen molar-refractivity contribution in [2.75, 3.05) is 12.4 Å². The molecule has 0 spiro atoms. The van der Waals surface area contributed by atoms with Gasteiger partial charge in [0.05, 0.1) is 5.69 Å². The number of carbonyl (C=O) groups excluding carboxylic acids is 2. The van der Waals surface area contributed by atoms with Crippen LogP contribution in [0.1, 0.15) is 23.5 Å². The normalized spacial score (nSPS) is 15.8. The minimum absolute atomic E-state index is 0.0666. The van der Waals surface area contributed by atoms with Gasteiger partial charge in [0.2, 0.25) is 5.91 Å². The highest BCUT2D eigenvalue weighted by Gasteiger charge is 2.31. The van der Waals surface area contributed by atoms with Gasteiger partial charge in [0, 0.05) is 36.8 Å². The zero-order valence-corrected chi connectivity index (χ0v) is 17.8. The first-order valence-corrected chi connectivity index (χ1v) is 10.1. The number of benzene rings is 2. The third-order valence-electron chi connectivity index (χ3n) is 5.44. The lowest BCUT2D eigenvalue weighted by atomic mass is 9.85. The first-order chi connectivity index (χ1) is 15.7. The Morgan fingerprint density at radius 3 is 2.58 bits per heavy atom. The topological polar surface area (TPSA) is 117 Å². The van der Waals surface area contributed by atoms with Crippen molar-refractivity contribution in [1.29, 1.82) is 0 Å². The number of anilines is 1. The average Bonchev–Trinajstić information content (AvgIpc) is 2.77. The SMILES string of the molecule is Cc1ccc(-n2ncc(=O)[nH]c2=O)cc1NC(=O)C1=CN(C)C(=O)CC1c1ccc(F)cc1. The first kappa shape index (κ1) is 21.9. The zero-order valence-electron chi connectivity index (χ0n) is 17.8. The fourth-order valence-electron chi connectivity index (χ4n) is 3.62. The summed E-state index contributed by atoms with van der Waals surface area (Å²) in [6.45, 7) is 1.78. The molecule has 1 atom stereocenters. The van der Waals surface area contributed by atoms with Crippen molar-refractivity contribution in [1.82, 2.24) is 19.7 Å². The Morgan fingerprint density at radius 1 is 1.15 bits per heavy atom. The van der Waals surface area contributed by atoms with Crippen molar-refractivity contribution in [2.24, 2.45) is 0 Å². The molecule has 0 radical (unpaired) electrons. The van der Waals surface area contributed by atoms with Crippen molar-refractivity contribution >= 4 is 17.5 Å². The first-order valence-electron chi connectivity index (χ1n) is 10.1. The third-order valence-corrected chi connectivity index (χ3v) is 5.44. The second kappa shape index (κ2) is 8.65. The van der Waals surface area contributed by atoms with E-state index in [-0.39, 0.29) is 12.3 Å². The van der Waals surface area contributed by atoms with Crippen molar-refractivity contribution in [3.05, 3.63) is 98.2 Å². The van der Waals surface area contributed by atoms with Gasteiger partial charge >= 0.3 is 5.69 Å². The van der Waals surface area contributed by atoms with Crippen molar-refractivity contribution in [3.8, 4) is 5.69 Å². The molecule has 168 valence electrons. The number of rotatable bonds is 4. The lowest BCUT2D eigenvalue weighted by molar-refractivity contribution is -0.128. The van der Waals surface area contributed by atoms with E-state index in [4.69, 9.17) is 0 Å². The summed E-state index contributed by atoms with van der Waals surface area (Å²) in [5.74, 6) is -1.55. The lowest BCUT2D eigenvalue weighted by Gasteiger charge is -2.28. The van der Waals surface area contributed by atoms with E-state index in [9.17, 15) is 23.6 Å². The number of aromatic nitrogens is 3. The number of H-pyrrole nitrogens is 1. The van der Waals surface area contributed by atoms with Crippen LogP contribution in [-0.2, 0) is 9.59 Å². The van der Waals surface area contributed by atoms with E-state index in [1.54, 1.807) is 44.3 Å². The molecule has 10 heteroatoms. The summed E-state index contributed by atoms with van der Waals surface area (Å²) >= 11 is 0. The van der Waals surface area contributed by atoms with Crippen molar-refractivity contribution < 1.29 is 14.0 Å². The van der Waals surface area contributed by atoms with Gasteiger partial charge in [0.15, 0.2) is 0 Å². The minimum atomic E-state index is -0.713. The van der Waals surface area contributed by atoms with Crippen LogP contribution in [-0.4, -0.2) is 38.5 Å². The Kier molecular flexibility index (Phi) is 5.74. The zero-order chi connectivity index (χ0) is 23.7. The summed E-state index contributed by atoms with van der Waals surface area (Å²) in [5, 5.41) is 6.66. The number of nitrogens with zero attached hydrogens (tertiary/aromatic N) is 3. The van der Waals surface area contributed by atoms with Crippen LogP contribution < -0.4 is 16.6 Å². The average molecular weight is 449 g/mol. The van der Waals surface area contributed by atoms with E-state index in [0.29, 0.717) is 22.5 Å². The molecule has 1 aromatic heterocycles. The molecule has 2 heterocycles. The maximum Gasteiger partial charge on any atom is 0.349 e. The lowest BCUT2D eigenvalue weighted by Crippen LogP contribution is -2.33. The number of hydrogen-bond donors (Lipinski definition) is 2. The molecule has 0 saturated carbocycles. The molecule has 33 heavy (non-hydrogen) atoms.